The van der Waals surface area contributed by atoms with Gasteiger partial charge in [0.05, 0.1) is 11.4 Å². The standard InChI is InChI=1S/C25H29N3O3/c1-17-14-24(22-8-3-4-9-23(22)26-17)27-20-6-5-7-21(16-20)31-13-12-28-11-10-19(25(29)30)15-18(28)2/h3-9,14,16,18-19H,10-13,15H2,1-2H3,(H,26,27)(H,29,30). The third-order valence-electron chi connectivity index (χ3n) is 5.97. The number of carboxylic acid groups (broad SMARTS) is 1. The number of carboxylic acids is 1. The van der Waals surface area contributed by atoms with E-state index >= 15 is 0 Å². The van der Waals surface area contributed by atoms with E-state index in [1.54, 1.807) is 0 Å². The average molecular weight is 420 g/mol. The van der Waals surface area contributed by atoms with Gasteiger partial charge in [-0.1, -0.05) is 24.3 Å². The lowest BCUT2D eigenvalue weighted by Crippen LogP contribution is -2.44. The lowest BCUT2D eigenvalue weighted by molar-refractivity contribution is -0.144. The lowest BCUT2D eigenvalue weighted by atomic mass is 9.92. The van der Waals surface area contributed by atoms with Crippen molar-refractivity contribution in [3.05, 3.63) is 60.3 Å². The molecular weight excluding hydrogens is 390 g/mol. The van der Waals surface area contributed by atoms with Crippen molar-refractivity contribution in [3.63, 3.8) is 0 Å². The van der Waals surface area contributed by atoms with E-state index in [0.717, 1.165) is 46.8 Å². The largest absolute Gasteiger partial charge is 0.492 e. The molecule has 2 N–H and O–H groups in total. The van der Waals surface area contributed by atoms with Gasteiger partial charge in [-0.05, 0) is 57.5 Å². The Morgan fingerprint density at radius 1 is 1.23 bits per heavy atom. The topological polar surface area (TPSA) is 74.7 Å². The number of anilines is 2. The number of hydrogen-bond acceptors (Lipinski definition) is 5. The number of ether oxygens (including phenoxy) is 1. The number of pyridine rings is 1. The van der Waals surface area contributed by atoms with Crippen molar-refractivity contribution in [2.24, 2.45) is 5.92 Å². The monoisotopic (exact) mass is 419 g/mol. The Kier molecular flexibility index (Phi) is 6.37. The zero-order chi connectivity index (χ0) is 21.8. The van der Waals surface area contributed by atoms with Gasteiger partial charge in [0.15, 0.2) is 0 Å². The molecule has 1 aliphatic rings. The van der Waals surface area contributed by atoms with Crippen LogP contribution >= 0.6 is 0 Å². The predicted octanol–water partition coefficient (Wildman–Crippen LogP) is 4.85. The van der Waals surface area contributed by atoms with Crippen LogP contribution in [0.25, 0.3) is 10.9 Å². The highest BCUT2D eigenvalue weighted by Gasteiger charge is 2.29. The molecule has 1 fully saturated rings. The summed E-state index contributed by atoms with van der Waals surface area (Å²) in [7, 11) is 0. The molecule has 2 unspecified atom stereocenters. The number of nitrogens with one attached hydrogen (secondary N) is 1. The molecule has 2 atom stereocenters. The first kappa shape index (κ1) is 21.1. The number of hydrogen-bond donors (Lipinski definition) is 2. The fraction of sp³-hybridized carbons (Fsp3) is 0.360. The van der Waals surface area contributed by atoms with Crippen LogP contribution in [0.2, 0.25) is 0 Å². The minimum atomic E-state index is -0.677. The van der Waals surface area contributed by atoms with Gasteiger partial charge in [0.2, 0.25) is 0 Å². The van der Waals surface area contributed by atoms with Crippen LogP contribution < -0.4 is 10.1 Å². The van der Waals surface area contributed by atoms with Crippen LogP contribution in [0.15, 0.2) is 54.6 Å². The number of carbonyl (C=O) groups is 1. The molecule has 2 aromatic carbocycles. The zero-order valence-corrected chi connectivity index (χ0v) is 18.0. The number of aromatic nitrogens is 1. The molecular formula is C25H29N3O3. The Morgan fingerprint density at radius 3 is 2.87 bits per heavy atom. The maximum Gasteiger partial charge on any atom is 0.306 e. The summed E-state index contributed by atoms with van der Waals surface area (Å²) in [5.74, 6) is -0.0831. The van der Waals surface area contributed by atoms with Crippen molar-refractivity contribution in [2.75, 3.05) is 25.0 Å². The normalized spacial score (nSPS) is 19.3. The summed E-state index contributed by atoms with van der Waals surface area (Å²) >= 11 is 0. The lowest BCUT2D eigenvalue weighted by Gasteiger charge is -2.36. The molecule has 1 aliphatic heterocycles. The van der Waals surface area contributed by atoms with Crippen LogP contribution in [0.5, 0.6) is 5.75 Å². The van der Waals surface area contributed by atoms with Crippen LogP contribution in [-0.4, -0.2) is 46.7 Å². The first-order valence-electron chi connectivity index (χ1n) is 10.8. The van der Waals surface area contributed by atoms with Crippen LogP contribution in [0, 0.1) is 12.8 Å². The number of aryl methyl sites for hydroxylation is 1. The maximum absolute atomic E-state index is 11.2. The Labute approximate surface area is 182 Å². The molecule has 6 nitrogen and oxygen atoms in total. The van der Waals surface area contributed by atoms with E-state index in [0.29, 0.717) is 19.4 Å². The van der Waals surface area contributed by atoms with Gasteiger partial charge < -0.3 is 15.2 Å². The molecule has 31 heavy (non-hydrogen) atoms. The molecule has 6 heteroatoms. The summed E-state index contributed by atoms with van der Waals surface area (Å²) in [6.45, 7) is 6.26. The number of fused-ring (bicyclic) bond motifs is 1. The van der Waals surface area contributed by atoms with E-state index < -0.39 is 5.97 Å². The highest BCUT2D eigenvalue weighted by molar-refractivity contribution is 5.93. The quantitative estimate of drug-likeness (QED) is 0.570. The average Bonchev–Trinajstić information content (AvgIpc) is 2.75. The fourth-order valence-corrected chi connectivity index (χ4v) is 4.29. The van der Waals surface area contributed by atoms with Crippen molar-refractivity contribution in [1.29, 1.82) is 0 Å². The summed E-state index contributed by atoms with van der Waals surface area (Å²) in [6, 6.07) is 18.4. The molecule has 0 aliphatic carbocycles. The molecule has 0 saturated carbocycles. The van der Waals surface area contributed by atoms with Gasteiger partial charge in [-0.25, -0.2) is 0 Å². The highest BCUT2D eigenvalue weighted by atomic mass is 16.5. The molecule has 3 aromatic rings. The number of aliphatic carboxylic acids is 1. The van der Waals surface area contributed by atoms with Gasteiger partial charge >= 0.3 is 5.97 Å². The van der Waals surface area contributed by atoms with Gasteiger partial charge in [0, 0.05) is 41.1 Å². The molecule has 0 amide bonds. The van der Waals surface area contributed by atoms with Crippen molar-refractivity contribution in [1.82, 2.24) is 9.88 Å². The minimum absolute atomic E-state index is 0.220. The number of benzene rings is 2. The van der Waals surface area contributed by atoms with Crippen LogP contribution in [0.3, 0.4) is 0 Å². The molecule has 0 spiro atoms. The summed E-state index contributed by atoms with van der Waals surface area (Å²) in [5, 5.41) is 13.8. The van der Waals surface area contributed by atoms with Crippen molar-refractivity contribution in [3.8, 4) is 5.75 Å². The van der Waals surface area contributed by atoms with Crippen LogP contribution in [-0.2, 0) is 4.79 Å². The first-order valence-corrected chi connectivity index (χ1v) is 10.8. The smallest absolute Gasteiger partial charge is 0.306 e. The van der Waals surface area contributed by atoms with Gasteiger partial charge in [-0.3, -0.25) is 14.7 Å². The summed E-state index contributed by atoms with van der Waals surface area (Å²) in [6.07, 6.45) is 1.41. The maximum atomic E-state index is 11.2. The second-order valence-electron chi connectivity index (χ2n) is 8.27. The third kappa shape index (κ3) is 5.14. The number of rotatable bonds is 7. The molecule has 162 valence electrons. The predicted molar refractivity (Wildman–Crippen MR) is 123 cm³/mol. The third-order valence-corrected chi connectivity index (χ3v) is 5.97. The van der Waals surface area contributed by atoms with E-state index in [1.807, 2.05) is 49.4 Å². The Morgan fingerprint density at radius 2 is 2.06 bits per heavy atom. The van der Waals surface area contributed by atoms with E-state index in [-0.39, 0.29) is 12.0 Å². The van der Waals surface area contributed by atoms with Crippen molar-refractivity contribution >= 4 is 28.2 Å². The summed E-state index contributed by atoms with van der Waals surface area (Å²) < 4.78 is 6.01. The number of nitrogens with zero attached hydrogens (tertiary/aromatic N) is 2. The number of piperidine rings is 1. The van der Waals surface area contributed by atoms with Crippen molar-refractivity contribution < 1.29 is 14.6 Å². The molecule has 1 saturated heterocycles. The van der Waals surface area contributed by atoms with E-state index in [4.69, 9.17) is 4.74 Å². The second-order valence-corrected chi connectivity index (χ2v) is 8.27. The van der Waals surface area contributed by atoms with E-state index in [2.05, 4.69) is 34.3 Å². The Bertz CT molecular complexity index is 1070. The minimum Gasteiger partial charge on any atom is -0.492 e. The Balaban J connectivity index is 1.37. The Hall–Kier alpha value is -3.12. The molecule has 4 rings (SSSR count). The SMILES string of the molecule is Cc1cc(Nc2cccc(OCCN3CCC(C(=O)O)CC3C)c2)c2ccccc2n1. The second kappa shape index (κ2) is 9.35. The van der Waals surface area contributed by atoms with Crippen molar-refractivity contribution in [2.45, 2.75) is 32.7 Å². The number of para-hydroxylation sites is 1. The van der Waals surface area contributed by atoms with Gasteiger partial charge in [0.25, 0.3) is 0 Å². The molecule has 2 heterocycles. The zero-order valence-electron chi connectivity index (χ0n) is 18.0. The summed E-state index contributed by atoms with van der Waals surface area (Å²) in [5.41, 5.74) is 3.92. The fourth-order valence-electron chi connectivity index (χ4n) is 4.29. The van der Waals surface area contributed by atoms with Gasteiger partial charge in [-0.15, -0.1) is 0 Å². The summed E-state index contributed by atoms with van der Waals surface area (Å²) in [4.78, 5) is 18.1. The number of likely N-dealkylation sites (tertiary alicyclic amines) is 1. The van der Waals surface area contributed by atoms with Crippen LogP contribution in [0.4, 0.5) is 11.4 Å². The highest BCUT2D eigenvalue weighted by Crippen LogP contribution is 2.28. The molecule has 1 aromatic heterocycles. The van der Waals surface area contributed by atoms with Gasteiger partial charge in [0.1, 0.15) is 12.4 Å². The first-order chi connectivity index (χ1) is 15.0. The molecule has 0 bridgehead atoms. The molecule has 0 radical (unpaired) electrons. The van der Waals surface area contributed by atoms with Gasteiger partial charge in [-0.2, -0.15) is 0 Å². The van der Waals surface area contributed by atoms with Crippen LogP contribution in [0.1, 0.15) is 25.5 Å². The van der Waals surface area contributed by atoms with E-state index in [1.165, 1.54) is 0 Å². The van der Waals surface area contributed by atoms with E-state index in [9.17, 15) is 9.90 Å².